The summed E-state index contributed by atoms with van der Waals surface area (Å²) in [5.41, 5.74) is 1.06. The van der Waals surface area contributed by atoms with Gasteiger partial charge in [0.2, 0.25) is 0 Å². The molecule has 0 heterocycles. The second kappa shape index (κ2) is 5.50. The highest BCUT2D eigenvalue weighted by Crippen LogP contribution is 2.39. The normalized spacial score (nSPS) is 11.3. The summed E-state index contributed by atoms with van der Waals surface area (Å²) in [7, 11) is -2.51. The highest BCUT2D eigenvalue weighted by molar-refractivity contribution is 7.70. The average molecular weight is 276 g/mol. The van der Waals surface area contributed by atoms with Gasteiger partial charge in [-0.1, -0.05) is 30.3 Å². The lowest BCUT2D eigenvalue weighted by atomic mass is 10.2. The Hall–Kier alpha value is -1.73. The van der Waals surface area contributed by atoms with Crippen molar-refractivity contribution in [3.8, 4) is 11.5 Å². The molecule has 0 aromatic heterocycles. The molecule has 0 bridgehead atoms. The predicted octanol–water partition coefficient (Wildman–Crippen LogP) is 3.22. The molecule has 0 aliphatic rings. The third-order valence-electron chi connectivity index (χ3n) is 2.78. The van der Waals surface area contributed by atoms with Gasteiger partial charge in [0.25, 0.3) is 0 Å². The summed E-state index contributed by atoms with van der Waals surface area (Å²) in [5, 5.41) is 10.2. The number of benzene rings is 2. The summed E-state index contributed by atoms with van der Waals surface area (Å²) in [5.74, 6) is 0.668. The lowest BCUT2D eigenvalue weighted by Gasteiger charge is -2.12. The van der Waals surface area contributed by atoms with E-state index >= 15 is 0 Å². The van der Waals surface area contributed by atoms with E-state index in [0.717, 1.165) is 5.56 Å². The second-order valence-corrected chi connectivity index (χ2v) is 7.96. The molecule has 2 rings (SSSR count). The van der Waals surface area contributed by atoms with E-state index in [-0.39, 0.29) is 5.75 Å². The van der Waals surface area contributed by atoms with E-state index in [1.54, 1.807) is 25.5 Å². The molecule has 1 N–H and O–H groups in total. The molecule has 0 amide bonds. The van der Waals surface area contributed by atoms with Gasteiger partial charge in [-0.2, -0.15) is 0 Å². The largest absolute Gasteiger partial charge is 0.507 e. The van der Waals surface area contributed by atoms with Crippen molar-refractivity contribution in [1.82, 2.24) is 0 Å². The fourth-order valence-corrected chi connectivity index (χ4v) is 2.83. The van der Waals surface area contributed by atoms with E-state index in [1.165, 1.54) is 6.07 Å². The Balaban J connectivity index is 2.16. The van der Waals surface area contributed by atoms with Crippen LogP contribution in [0.3, 0.4) is 0 Å². The van der Waals surface area contributed by atoms with Crippen LogP contribution in [0.5, 0.6) is 11.5 Å². The fraction of sp³-hybridized carbons (Fsp3) is 0.200. The maximum Gasteiger partial charge on any atom is 0.126 e. The number of ether oxygens (including phenoxy) is 1. The highest BCUT2D eigenvalue weighted by Gasteiger charge is 2.16. The van der Waals surface area contributed by atoms with E-state index < -0.39 is 7.14 Å². The first kappa shape index (κ1) is 13.7. The van der Waals surface area contributed by atoms with Gasteiger partial charge in [-0.3, -0.25) is 0 Å². The summed E-state index contributed by atoms with van der Waals surface area (Å²) in [6, 6.07) is 14.7. The average Bonchev–Trinajstić information content (AvgIpc) is 2.37. The molecular formula is C15H17O3P. The van der Waals surface area contributed by atoms with Crippen molar-refractivity contribution >= 4 is 12.4 Å². The number of rotatable bonds is 4. The molecule has 0 unspecified atom stereocenters. The minimum absolute atomic E-state index is 0.0559. The van der Waals surface area contributed by atoms with Crippen LogP contribution in [0.15, 0.2) is 48.5 Å². The zero-order valence-electron chi connectivity index (χ0n) is 11.0. The molecule has 19 heavy (non-hydrogen) atoms. The number of hydrogen-bond acceptors (Lipinski definition) is 3. The number of hydrogen-bond donors (Lipinski definition) is 1. The van der Waals surface area contributed by atoms with Crippen molar-refractivity contribution in [3.05, 3.63) is 54.1 Å². The minimum atomic E-state index is -2.51. The van der Waals surface area contributed by atoms with E-state index in [0.29, 0.717) is 17.7 Å². The summed E-state index contributed by atoms with van der Waals surface area (Å²) in [6.07, 6.45) is 0. The van der Waals surface area contributed by atoms with Crippen LogP contribution >= 0.6 is 7.14 Å². The van der Waals surface area contributed by atoms with Gasteiger partial charge in [-0.25, -0.2) is 0 Å². The molecule has 100 valence electrons. The van der Waals surface area contributed by atoms with Gasteiger partial charge in [-0.05, 0) is 37.1 Å². The van der Waals surface area contributed by atoms with Gasteiger partial charge in [-0.15, -0.1) is 0 Å². The quantitative estimate of drug-likeness (QED) is 0.872. The van der Waals surface area contributed by atoms with Crippen LogP contribution in [0.4, 0.5) is 0 Å². The first-order chi connectivity index (χ1) is 8.97. The number of phenols is 1. The maximum absolute atomic E-state index is 12.0. The molecule has 0 fully saturated rings. The third kappa shape index (κ3) is 3.62. The van der Waals surface area contributed by atoms with Crippen molar-refractivity contribution in [2.45, 2.75) is 6.61 Å². The van der Waals surface area contributed by atoms with Crippen molar-refractivity contribution in [1.29, 1.82) is 0 Å². The summed E-state index contributed by atoms with van der Waals surface area (Å²) in [4.78, 5) is 0. The molecule has 2 aromatic rings. The van der Waals surface area contributed by atoms with Gasteiger partial charge in [0.05, 0.1) is 5.30 Å². The number of phenolic OH excluding ortho intramolecular Hbond substituents is 1. The Morgan fingerprint density at radius 1 is 1.11 bits per heavy atom. The zero-order valence-corrected chi connectivity index (χ0v) is 11.9. The van der Waals surface area contributed by atoms with Crippen LogP contribution in [0, 0.1) is 0 Å². The highest BCUT2D eigenvalue weighted by atomic mass is 31.2. The topological polar surface area (TPSA) is 46.5 Å². The molecule has 0 saturated heterocycles. The van der Waals surface area contributed by atoms with Crippen molar-refractivity contribution in [2.24, 2.45) is 0 Å². The Bertz CT molecular complexity index is 602. The van der Waals surface area contributed by atoms with Gasteiger partial charge in [0.1, 0.15) is 25.2 Å². The van der Waals surface area contributed by atoms with Gasteiger partial charge in [0.15, 0.2) is 0 Å². The Labute approximate surface area is 113 Å². The Morgan fingerprint density at radius 2 is 1.79 bits per heavy atom. The van der Waals surface area contributed by atoms with Crippen LogP contribution in [0.25, 0.3) is 0 Å². The van der Waals surface area contributed by atoms with Crippen molar-refractivity contribution < 1.29 is 14.4 Å². The van der Waals surface area contributed by atoms with E-state index in [9.17, 15) is 9.67 Å². The van der Waals surface area contributed by atoms with Gasteiger partial charge >= 0.3 is 0 Å². The van der Waals surface area contributed by atoms with Gasteiger partial charge in [0, 0.05) is 0 Å². The third-order valence-corrected chi connectivity index (χ3v) is 4.29. The van der Waals surface area contributed by atoms with Crippen LogP contribution < -0.4 is 10.0 Å². The van der Waals surface area contributed by atoms with E-state index in [4.69, 9.17) is 4.74 Å². The van der Waals surface area contributed by atoms with Crippen molar-refractivity contribution in [3.63, 3.8) is 0 Å². The van der Waals surface area contributed by atoms with Gasteiger partial charge < -0.3 is 14.4 Å². The molecule has 0 spiro atoms. The zero-order chi connectivity index (χ0) is 13.9. The molecule has 0 atom stereocenters. The molecular weight excluding hydrogens is 259 g/mol. The minimum Gasteiger partial charge on any atom is -0.507 e. The molecule has 2 aromatic carbocycles. The lowest BCUT2D eigenvalue weighted by Crippen LogP contribution is -2.05. The summed E-state index contributed by atoms with van der Waals surface area (Å²) >= 11 is 0. The standard InChI is InChI=1S/C15H17O3P/c1-19(2,17)15-10-13(8-9-14(15)16)18-11-12-6-4-3-5-7-12/h3-10,16H,11H2,1-2H3. The lowest BCUT2D eigenvalue weighted by molar-refractivity contribution is 0.306. The number of aromatic hydroxyl groups is 1. The van der Waals surface area contributed by atoms with Crippen LogP contribution in [-0.2, 0) is 11.2 Å². The Kier molecular flexibility index (Phi) is 3.96. The molecule has 0 aliphatic heterocycles. The van der Waals surface area contributed by atoms with E-state index in [2.05, 4.69) is 0 Å². The molecule has 0 aliphatic carbocycles. The molecule has 0 saturated carbocycles. The van der Waals surface area contributed by atoms with Crippen LogP contribution in [0.2, 0.25) is 0 Å². The molecule has 4 heteroatoms. The predicted molar refractivity (Wildman–Crippen MR) is 78.0 cm³/mol. The van der Waals surface area contributed by atoms with Crippen molar-refractivity contribution in [2.75, 3.05) is 13.3 Å². The smallest absolute Gasteiger partial charge is 0.126 e. The summed E-state index contributed by atoms with van der Waals surface area (Å²) < 4.78 is 17.7. The first-order valence-corrected chi connectivity index (χ1v) is 8.62. The van der Waals surface area contributed by atoms with E-state index in [1.807, 2.05) is 30.3 Å². The first-order valence-electron chi connectivity index (χ1n) is 6.02. The fourth-order valence-electron chi connectivity index (χ4n) is 1.77. The maximum atomic E-state index is 12.0. The monoisotopic (exact) mass is 276 g/mol. The molecule has 3 nitrogen and oxygen atoms in total. The summed E-state index contributed by atoms with van der Waals surface area (Å²) in [6.45, 7) is 3.70. The molecule has 0 radical (unpaired) electrons. The second-order valence-electron chi connectivity index (χ2n) is 4.78. The Morgan fingerprint density at radius 3 is 2.42 bits per heavy atom. The SMILES string of the molecule is CP(C)(=O)c1cc(OCc2ccccc2)ccc1O. The van der Waals surface area contributed by atoms with Crippen LogP contribution in [-0.4, -0.2) is 18.4 Å². The van der Waals surface area contributed by atoms with Crippen LogP contribution in [0.1, 0.15) is 5.56 Å².